The maximum atomic E-state index is 11.4. The van der Waals surface area contributed by atoms with Gasteiger partial charge in [0.25, 0.3) is 0 Å². The van der Waals surface area contributed by atoms with Gasteiger partial charge in [0, 0.05) is 5.92 Å². The average molecular weight is 216 g/mol. The van der Waals surface area contributed by atoms with Crippen molar-refractivity contribution >= 4 is 17.0 Å². The first-order chi connectivity index (χ1) is 7.83. The number of rotatable bonds is 3. The molecular formula is C12H12N2O2. The zero-order valence-electron chi connectivity index (χ0n) is 8.77. The normalized spacial score (nSPS) is 15.2. The summed E-state index contributed by atoms with van der Waals surface area (Å²) in [6.45, 7) is 0.379. The first kappa shape index (κ1) is 9.39. The van der Waals surface area contributed by atoms with Crippen molar-refractivity contribution in [3.05, 3.63) is 30.2 Å². The highest BCUT2D eigenvalue weighted by Gasteiger charge is 2.29. The molecule has 1 heterocycles. The van der Waals surface area contributed by atoms with E-state index in [-0.39, 0.29) is 11.8 Å². The van der Waals surface area contributed by atoms with E-state index in [1.807, 2.05) is 24.3 Å². The lowest BCUT2D eigenvalue weighted by Gasteiger charge is -1.98. The van der Waals surface area contributed by atoms with E-state index in [0.717, 1.165) is 23.9 Å². The molecule has 1 fully saturated rings. The molecule has 1 aliphatic carbocycles. The standard InChI is InChI=1S/C12H12N2O2/c15-12(8-5-6-8)13-7-11-14-9-3-1-2-4-10(9)16-11/h1-4,8H,5-7H2,(H,13,15). The van der Waals surface area contributed by atoms with Crippen LogP contribution in [-0.2, 0) is 11.3 Å². The molecule has 1 aromatic heterocycles. The number of carbonyl (C=O) groups excluding carboxylic acids is 1. The molecule has 82 valence electrons. The molecule has 0 unspecified atom stereocenters. The summed E-state index contributed by atoms with van der Waals surface area (Å²) < 4.78 is 5.49. The van der Waals surface area contributed by atoms with Crippen LogP contribution < -0.4 is 5.32 Å². The predicted molar refractivity (Wildman–Crippen MR) is 58.6 cm³/mol. The Morgan fingerprint density at radius 2 is 2.25 bits per heavy atom. The maximum Gasteiger partial charge on any atom is 0.223 e. The van der Waals surface area contributed by atoms with Crippen molar-refractivity contribution in [3.8, 4) is 0 Å². The molecule has 0 bridgehead atoms. The third-order valence-electron chi connectivity index (χ3n) is 2.70. The summed E-state index contributed by atoms with van der Waals surface area (Å²) >= 11 is 0. The summed E-state index contributed by atoms with van der Waals surface area (Å²) in [5.41, 5.74) is 1.59. The number of hydrogen-bond donors (Lipinski definition) is 1. The molecule has 0 radical (unpaired) electrons. The van der Waals surface area contributed by atoms with Crippen molar-refractivity contribution in [2.45, 2.75) is 19.4 Å². The van der Waals surface area contributed by atoms with Crippen molar-refractivity contribution in [1.82, 2.24) is 10.3 Å². The van der Waals surface area contributed by atoms with E-state index < -0.39 is 0 Å². The highest BCUT2D eigenvalue weighted by atomic mass is 16.3. The third kappa shape index (κ3) is 1.78. The van der Waals surface area contributed by atoms with Gasteiger partial charge in [-0.25, -0.2) is 4.98 Å². The summed E-state index contributed by atoms with van der Waals surface area (Å²) in [6.07, 6.45) is 2.03. The van der Waals surface area contributed by atoms with Crippen molar-refractivity contribution in [2.24, 2.45) is 5.92 Å². The molecule has 1 saturated carbocycles. The van der Waals surface area contributed by atoms with Gasteiger partial charge in [-0.2, -0.15) is 0 Å². The van der Waals surface area contributed by atoms with Crippen LogP contribution in [0, 0.1) is 5.92 Å². The fourth-order valence-corrected chi connectivity index (χ4v) is 1.65. The van der Waals surface area contributed by atoms with Crippen LogP contribution in [0.2, 0.25) is 0 Å². The van der Waals surface area contributed by atoms with Gasteiger partial charge in [-0.15, -0.1) is 0 Å². The maximum absolute atomic E-state index is 11.4. The van der Waals surface area contributed by atoms with E-state index in [4.69, 9.17) is 4.42 Å². The molecular weight excluding hydrogens is 204 g/mol. The molecule has 2 aromatic rings. The Bertz CT molecular complexity index is 496. The molecule has 1 N–H and O–H groups in total. The van der Waals surface area contributed by atoms with E-state index in [9.17, 15) is 4.79 Å². The lowest BCUT2D eigenvalue weighted by Crippen LogP contribution is -2.24. The minimum absolute atomic E-state index is 0.113. The number of oxazole rings is 1. The molecule has 0 spiro atoms. The lowest BCUT2D eigenvalue weighted by atomic mass is 10.3. The van der Waals surface area contributed by atoms with Crippen molar-refractivity contribution in [3.63, 3.8) is 0 Å². The lowest BCUT2D eigenvalue weighted by molar-refractivity contribution is -0.122. The molecule has 1 aromatic carbocycles. The van der Waals surface area contributed by atoms with Crippen LogP contribution in [0.5, 0.6) is 0 Å². The number of amides is 1. The first-order valence-electron chi connectivity index (χ1n) is 5.45. The number of nitrogens with zero attached hydrogens (tertiary/aromatic N) is 1. The van der Waals surface area contributed by atoms with Gasteiger partial charge in [0.2, 0.25) is 11.8 Å². The number of benzene rings is 1. The van der Waals surface area contributed by atoms with Crippen LogP contribution in [0.1, 0.15) is 18.7 Å². The second-order valence-corrected chi connectivity index (χ2v) is 4.07. The van der Waals surface area contributed by atoms with Gasteiger partial charge in [0.05, 0.1) is 6.54 Å². The number of hydrogen-bond acceptors (Lipinski definition) is 3. The van der Waals surface area contributed by atoms with E-state index in [2.05, 4.69) is 10.3 Å². The van der Waals surface area contributed by atoms with Crippen LogP contribution >= 0.6 is 0 Å². The highest BCUT2D eigenvalue weighted by molar-refractivity contribution is 5.80. The number of aromatic nitrogens is 1. The van der Waals surface area contributed by atoms with Gasteiger partial charge in [0.1, 0.15) is 5.52 Å². The highest BCUT2D eigenvalue weighted by Crippen LogP contribution is 2.28. The van der Waals surface area contributed by atoms with E-state index in [1.165, 1.54) is 0 Å². The summed E-state index contributed by atoms with van der Waals surface area (Å²) in [4.78, 5) is 15.7. The van der Waals surface area contributed by atoms with Gasteiger partial charge in [-0.05, 0) is 25.0 Å². The number of carbonyl (C=O) groups is 1. The molecule has 1 amide bonds. The summed E-state index contributed by atoms with van der Waals surface area (Å²) in [7, 11) is 0. The van der Waals surface area contributed by atoms with Crippen LogP contribution in [0.4, 0.5) is 0 Å². The van der Waals surface area contributed by atoms with E-state index in [1.54, 1.807) is 0 Å². The molecule has 0 aliphatic heterocycles. The second kappa shape index (κ2) is 3.63. The Balaban J connectivity index is 1.71. The zero-order chi connectivity index (χ0) is 11.0. The fraction of sp³-hybridized carbons (Fsp3) is 0.333. The number of fused-ring (bicyclic) bond motifs is 1. The van der Waals surface area contributed by atoms with Gasteiger partial charge >= 0.3 is 0 Å². The fourth-order valence-electron chi connectivity index (χ4n) is 1.65. The van der Waals surface area contributed by atoms with Crippen molar-refractivity contribution in [2.75, 3.05) is 0 Å². The molecule has 16 heavy (non-hydrogen) atoms. The average Bonchev–Trinajstić information content (AvgIpc) is 3.06. The van der Waals surface area contributed by atoms with Gasteiger partial charge in [-0.1, -0.05) is 12.1 Å². The molecule has 0 atom stereocenters. The Morgan fingerprint density at radius 1 is 1.44 bits per heavy atom. The van der Waals surface area contributed by atoms with Crippen LogP contribution in [0.25, 0.3) is 11.1 Å². The van der Waals surface area contributed by atoms with Crippen molar-refractivity contribution in [1.29, 1.82) is 0 Å². The Kier molecular flexibility index (Phi) is 2.13. The van der Waals surface area contributed by atoms with Gasteiger partial charge < -0.3 is 9.73 Å². The summed E-state index contributed by atoms with van der Waals surface area (Å²) in [6, 6.07) is 7.58. The summed E-state index contributed by atoms with van der Waals surface area (Å²) in [5, 5.41) is 2.83. The Labute approximate surface area is 92.7 Å². The largest absolute Gasteiger partial charge is 0.439 e. The third-order valence-corrected chi connectivity index (χ3v) is 2.70. The topological polar surface area (TPSA) is 55.1 Å². The minimum Gasteiger partial charge on any atom is -0.439 e. The van der Waals surface area contributed by atoms with Crippen LogP contribution in [0.15, 0.2) is 28.7 Å². The smallest absolute Gasteiger partial charge is 0.223 e. The Hall–Kier alpha value is -1.84. The van der Waals surface area contributed by atoms with Crippen LogP contribution in [0.3, 0.4) is 0 Å². The second-order valence-electron chi connectivity index (χ2n) is 4.07. The molecule has 3 rings (SSSR count). The van der Waals surface area contributed by atoms with Crippen LogP contribution in [-0.4, -0.2) is 10.9 Å². The van der Waals surface area contributed by atoms with Gasteiger partial charge in [0.15, 0.2) is 5.58 Å². The molecule has 0 saturated heterocycles. The SMILES string of the molecule is O=C(NCc1nc2ccccc2o1)C1CC1. The first-order valence-corrected chi connectivity index (χ1v) is 5.45. The zero-order valence-corrected chi connectivity index (χ0v) is 8.77. The number of para-hydroxylation sites is 2. The Morgan fingerprint density at radius 3 is 3.00 bits per heavy atom. The van der Waals surface area contributed by atoms with E-state index >= 15 is 0 Å². The predicted octanol–water partition coefficient (Wildman–Crippen LogP) is 1.85. The molecule has 4 heteroatoms. The minimum atomic E-state index is 0.113. The quantitative estimate of drug-likeness (QED) is 0.851. The number of nitrogens with one attached hydrogen (secondary N) is 1. The summed E-state index contributed by atoms with van der Waals surface area (Å²) in [5.74, 6) is 0.904. The molecule has 1 aliphatic rings. The van der Waals surface area contributed by atoms with Crippen molar-refractivity contribution < 1.29 is 9.21 Å². The molecule has 4 nitrogen and oxygen atoms in total. The van der Waals surface area contributed by atoms with Gasteiger partial charge in [-0.3, -0.25) is 4.79 Å². The monoisotopic (exact) mass is 216 g/mol. The van der Waals surface area contributed by atoms with E-state index in [0.29, 0.717) is 12.4 Å².